The second-order valence-electron chi connectivity index (χ2n) is 9.20. The molecule has 2 heterocycles. The minimum atomic E-state index is -0.404. The molecule has 3 atom stereocenters. The van der Waals surface area contributed by atoms with Gasteiger partial charge in [0.15, 0.2) is 11.5 Å². The van der Waals surface area contributed by atoms with Crippen molar-refractivity contribution in [2.45, 2.75) is 57.9 Å². The summed E-state index contributed by atoms with van der Waals surface area (Å²) < 4.78 is 13.4. The third-order valence-corrected chi connectivity index (χ3v) is 7.98. The van der Waals surface area contributed by atoms with Crippen molar-refractivity contribution in [3.05, 3.63) is 65.5 Å². The minimum absolute atomic E-state index is 0.0656. The van der Waals surface area contributed by atoms with Crippen LogP contribution in [0.4, 0.5) is 10.1 Å². The Morgan fingerprint density at radius 3 is 2.74 bits per heavy atom. The van der Waals surface area contributed by atoms with Crippen molar-refractivity contribution in [2.75, 3.05) is 11.1 Å². The van der Waals surface area contributed by atoms with E-state index in [2.05, 4.69) is 27.7 Å². The molecule has 0 aromatic heterocycles. The normalized spacial score (nSPS) is 23.3. The van der Waals surface area contributed by atoms with Crippen molar-refractivity contribution in [2.24, 2.45) is 11.0 Å². The average Bonchev–Trinajstić information content (AvgIpc) is 3.31. The second-order valence-corrected chi connectivity index (χ2v) is 10.1. The van der Waals surface area contributed by atoms with Gasteiger partial charge in [-0.2, -0.15) is 5.10 Å². The number of nitrogens with zero attached hydrogens (tertiary/aromatic N) is 3. The van der Waals surface area contributed by atoms with Gasteiger partial charge in [0.25, 0.3) is 0 Å². The number of hydrogen-bond donors (Lipinski definition) is 2. The van der Waals surface area contributed by atoms with Gasteiger partial charge in [-0.15, -0.1) is 0 Å². The molecule has 2 aromatic rings. The lowest BCUT2D eigenvalue weighted by molar-refractivity contribution is -0.156. The highest BCUT2D eigenvalue weighted by Crippen LogP contribution is 2.39. The molecule has 2 aromatic carbocycles. The zero-order valence-electron chi connectivity index (χ0n) is 19.7. The number of anilines is 1. The van der Waals surface area contributed by atoms with Gasteiger partial charge in [-0.25, -0.2) is 4.39 Å². The molecule has 0 bridgehead atoms. The third-order valence-electron chi connectivity index (χ3n) is 7.01. The van der Waals surface area contributed by atoms with E-state index in [9.17, 15) is 14.0 Å². The highest BCUT2D eigenvalue weighted by atomic mass is 32.2. The van der Waals surface area contributed by atoms with E-state index < -0.39 is 6.29 Å². The molecular formula is C26H30FN5O2S. The SMILES string of the molecule is CCc1ccccc1NC(=O)CSC1=NNC2N(Cc3ccc(F)cc3)C(=O)C3CCCCC3N12. The molecule has 2 aliphatic heterocycles. The van der Waals surface area contributed by atoms with Crippen molar-refractivity contribution in [1.29, 1.82) is 0 Å². The summed E-state index contributed by atoms with van der Waals surface area (Å²) in [6.07, 6.45) is 4.31. The molecule has 2 amide bonds. The standard InChI is InChI=1S/C26H30FN5O2S/c1-2-18-7-3-5-9-21(18)28-23(33)16-35-26-30-29-25-31(15-17-11-13-19(27)14-12-17)24(34)20-8-4-6-10-22(20)32(25)26/h3,5,7,9,11-14,20,22,25,29H,2,4,6,8,10,15-16H2,1H3,(H,28,33). The van der Waals surface area contributed by atoms with E-state index in [4.69, 9.17) is 0 Å². The number of hydrazone groups is 1. The van der Waals surface area contributed by atoms with Crippen LogP contribution >= 0.6 is 11.8 Å². The molecule has 3 unspecified atom stereocenters. The Balaban J connectivity index is 1.30. The van der Waals surface area contributed by atoms with E-state index in [0.29, 0.717) is 6.54 Å². The Morgan fingerprint density at radius 1 is 1.17 bits per heavy atom. The number of nitrogens with one attached hydrogen (secondary N) is 2. The molecule has 5 rings (SSSR count). The number of fused-ring (bicyclic) bond motifs is 3. The van der Waals surface area contributed by atoms with E-state index in [1.165, 1.54) is 23.9 Å². The number of amidine groups is 1. The van der Waals surface area contributed by atoms with Gasteiger partial charge in [-0.05, 0) is 48.6 Å². The number of aryl methyl sites for hydroxylation is 1. The number of hydrogen-bond acceptors (Lipinski definition) is 6. The molecule has 184 valence electrons. The molecule has 0 spiro atoms. The first-order valence-corrected chi connectivity index (χ1v) is 13.2. The number of carbonyl (C=O) groups is 2. The molecule has 35 heavy (non-hydrogen) atoms. The van der Waals surface area contributed by atoms with E-state index in [1.54, 1.807) is 17.0 Å². The maximum Gasteiger partial charge on any atom is 0.234 e. The molecule has 3 aliphatic rings. The number of halogens is 1. The maximum absolute atomic E-state index is 13.5. The van der Waals surface area contributed by atoms with Crippen molar-refractivity contribution < 1.29 is 14.0 Å². The molecule has 1 saturated carbocycles. The zero-order chi connectivity index (χ0) is 24.4. The molecule has 7 nitrogen and oxygen atoms in total. The van der Waals surface area contributed by atoms with Crippen LogP contribution in [0, 0.1) is 11.7 Å². The first kappa shape index (κ1) is 23.7. The Morgan fingerprint density at radius 2 is 1.94 bits per heavy atom. The fourth-order valence-corrected chi connectivity index (χ4v) is 6.10. The molecule has 1 aliphatic carbocycles. The lowest BCUT2D eigenvalue weighted by atomic mass is 9.81. The second kappa shape index (κ2) is 10.3. The summed E-state index contributed by atoms with van der Waals surface area (Å²) in [5.41, 5.74) is 5.94. The van der Waals surface area contributed by atoms with Gasteiger partial charge in [-0.3, -0.25) is 19.9 Å². The summed E-state index contributed by atoms with van der Waals surface area (Å²) in [5.74, 6) is -0.142. The van der Waals surface area contributed by atoms with E-state index in [0.717, 1.165) is 54.1 Å². The Bertz CT molecular complexity index is 1120. The average molecular weight is 496 g/mol. The smallest absolute Gasteiger partial charge is 0.234 e. The molecule has 0 radical (unpaired) electrons. The summed E-state index contributed by atoms with van der Waals surface area (Å²) in [7, 11) is 0. The van der Waals surface area contributed by atoms with Crippen molar-refractivity contribution in [3.8, 4) is 0 Å². The van der Waals surface area contributed by atoms with Crippen LogP contribution in [0.5, 0.6) is 0 Å². The van der Waals surface area contributed by atoms with Gasteiger partial charge >= 0.3 is 0 Å². The van der Waals surface area contributed by atoms with Crippen LogP contribution in [0.25, 0.3) is 0 Å². The first-order chi connectivity index (χ1) is 17.0. The Labute approximate surface area is 209 Å². The van der Waals surface area contributed by atoms with Crippen LogP contribution in [-0.4, -0.2) is 44.9 Å². The topological polar surface area (TPSA) is 77.0 Å². The lowest BCUT2D eigenvalue weighted by Gasteiger charge is -2.50. The number of thioether (sulfide) groups is 1. The number of para-hydroxylation sites is 1. The quantitative estimate of drug-likeness (QED) is 0.631. The van der Waals surface area contributed by atoms with Gasteiger partial charge in [0.05, 0.1) is 11.7 Å². The van der Waals surface area contributed by atoms with Crippen LogP contribution in [0.2, 0.25) is 0 Å². The predicted molar refractivity (Wildman–Crippen MR) is 136 cm³/mol. The molecule has 2 N–H and O–H groups in total. The van der Waals surface area contributed by atoms with Crippen LogP contribution < -0.4 is 10.7 Å². The maximum atomic E-state index is 13.5. The zero-order valence-corrected chi connectivity index (χ0v) is 20.6. The Kier molecular flexibility index (Phi) is 6.95. The molecule has 1 saturated heterocycles. The number of benzene rings is 2. The van der Waals surface area contributed by atoms with E-state index in [1.807, 2.05) is 24.3 Å². The van der Waals surface area contributed by atoms with Gasteiger partial charge in [0.2, 0.25) is 11.8 Å². The van der Waals surface area contributed by atoms with Crippen LogP contribution in [0.15, 0.2) is 53.6 Å². The van der Waals surface area contributed by atoms with Crippen molar-refractivity contribution in [1.82, 2.24) is 15.2 Å². The summed E-state index contributed by atoms with van der Waals surface area (Å²) in [6, 6.07) is 14.1. The predicted octanol–water partition coefficient (Wildman–Crippen LogP) is 4.12. The lowest BCUT2D eigenvalue weighted by Crippen LogP contribution is -2.66. The number of rotatable bonds is 6. The number of amides is 2. The molecule has 9 heteroatoms. The van der Waals surface area contributed by atoms with Gasteiger partial charge in [0.1, 0.15) is 5.82 Å². The van der Waals surface area contributed by atoms with Crippen LogP contribution in [0.3, 0.4) is 0 Å². The van der Waals surface area contributed by atoms with Crippen molar-refractivity contribution >= 4 is 34.4 Å². The Hall–Kier alpha value is -3.07. The molecule has 2 fully saturated rings. The summed E-state index contributed by atoms with van der Waals surface area (Å²) >= 11 is 1.39. The minimum Gasteiger partial charge on any atom is -0.325 e. The highest BCUT2D eigenvalue weighted by Gasteiger charge is 2.51. The number of carbonyl (C=O) groups excluding carboxylic acids is 2. The highest BCUT2D eigenvalue weighted by molar-refractivity contribution is 8.14. The fourth-order valence-electron chi connectivity index (χ4n) is 5.27. The first-order valence-electron chi connectivity index (χ1n) is 12.2. The third kappa shape index (κ3) is 4.87. The van der Waals surface area contributed by atoms with Gasteiger partial charge in [-0.1, -0.05) is 61.9 Å². The largest absolute Gasteiger partial charge is 0.325 e. The van der Waals surface area contributed by atoms with E-state index >= 15 is 0 Å². The monoisotopic (exact) mass is 495 g/mol. The summed E-state index contributed by atoms with van der Waals surface area (Å²) in [6.45, 7) is 2.44. The van der Waals surface area contributed by atoms with Gasteiger partial charge < -0.3 is 10.2 Å². The van der Waals surface area contributed by atoms with Crippen molar-refractivity contribution in [3.63, 3.8) is 0 Å². The summed E-state index contributed by atoms with van der Waals surface area (Å²) in [5, 5.41) is 8.30. The summed E-state index contributed by atoms with van der Waals surface area (Å²) in [4.78, 5) is 30.2. The fraction of sp³-hybridized carbons (Fsp3) is 0.423. The van der Waals surface area contributed by atoms with E-state index in [-0.39, 0.29) is 35.3 Å². The van der Waals surface area contributed by atoms with Crippen LogP contribution in [-0.2, 0) is 22.6 Å². The molecular weight excluding hydrogens is 465 g/mol. The van der Waals surface area contributed by atoms with Crippen LogP contribution in [0.1, 0.15) is 43.7 Å². The van der Waals surface area contributed by atoms with Gasteiger partial charge in [0, 0.05) is 18.3 Å².